The zero-order valence-corrected chi connectivity index (χ0v) is 13.2. The second kappa shape index (κ2) is 3.78. The second-order valence-electron chi connectivity index (χ2n) is 9.16. The molecular formula is C18H31N. The third-order valence-corrected chi connectivity index (χ3v) is 8.33. The number of hydrogen-bond donors (Lipinski definition) is 1. The van der Waals surface area contributed by atoms with Crippen LogP contribution in [0.1, 0.15) is 59.8 Å². The molecule has 0 aromatic rings. The van der Waals surface area contributed by atoms with Gasteiger partial charge in [0.1, 0.15) is 0 Å². The first-order valence-electron chi connectivity index (χ1n) is 8.66. The molecule has 0 aliphatic heterocycles. The lowest BCUT2D eigenvalue weighted by Gasteiger charge is -2.32. The minimum absolute atomic E-state index is 0.549. The van der Waals surface area contributed by atoms with E-state index in [0.29, 0.717) is 10.8 Å². The van der Waals surface area contributed by atoms with Crippen molar-refractivity contribution in [1.29, 1.82) is 0 Å². The van der Waals surface area contributed by atoms with Gasteiger partial charge in [-0.05, 0) is 72.6 Å². The molecule has 4 fully saturated rings. The third-order valence-electron chi connectivity index (χ3n) is 8.33. The molecule has 0 amide bonds. The number of nitrogens with one attached hydrogen (secondary N) is 1. The van der Waals surface area contributed by atoms with Crippen LogP contribution in [0.15, 0.2) is 0 Å². The molecule has 0 saturated heterocycles. The molecule has 4 saturated carbocycles. The molecule has 108 valence electrons. The van der Waals surface area contributed by atoms with Crippen LogP contribution in [0.2, 0.25) is 0 Å². The van der Waals surface area contributed by atoms with Crippen LogP contribution in [0.5, 0.6) is 0 Å². The average Bonchev–Trinajstić information content (AvgIpc) is 2.88. The van der Waals surface area contributed by atoms with Crippen molar-refractivity contribution in [2.75, 3.05) is 6.54 Å². The van der Waals surface area contributed by atoms with E-state index in [1.807, 2.05) is 0 Å². The standard InChI is InChI=1S/C18H31N/c1-17(2)16(18(17,3)4)10-19-15-9-11-8-14(15)13-7-5-6-12(11)13/h11-16,19H,5-10H2,1-4H3. The van der Waals surface area contributed by atoms with E-state index >= 15 is 0 Å². The maximum absolute atomic E-state index is 4.00. The van der Waals surface area contributed by atoms with Gasteiger partial charge in [0.2, 0.25) is 0 Å². The van der Waals surface area contributed by atoms with Gasteiger partial charge in [0.25, 0.3) is 0 Å². The van der Waals surface area contributed by atoms with Crippen molar-refractivity contribution in [3.05, 3.63) is 0 Å². The first-order chi connectivity index (χ1) is 8.93. The Morgan fingerprint density at radius 3 is 2.26 bits per heavy atom. The molecule has 0 aromatic carbocycles. The third kappa shape index (κ3) is 1.57. The highest BCUT2D eigenvalue weighted by atomic mass is 15.0. The van der Waals surface area contributed by atoms with Crippen LogP contribution < -0.4 is 5.32 Å². The average molecular weight is 261 g/mol. The minimum Gasteiger partial charge on any atom is -0.313 e. The van der Waals surface area contributed by atoms with E-state index in [9.17, 15) is 0 Å². The highest BCUT2D eigenvalue weighted by molar-refractivity contribution is 5.14. The highest BCUT2D eigenvalue weighted by Gasteiger charge is 2.64. The molecule has 1 heteroatoms. The van der Waals surface area contributed by atoms with Crippen molar-refractivity contribution < 1.29 is 0 Å². The topological polar surface area (TPSA) is 12.0 Å². The Morgan fingerprint density at radius 1 is 0.895 bits per heavy atom. The lowest BCUT2D eigenvalue weighted by Crippen LogP contribution is -2.40. The fraction of sp³-hybridized carbons (Fsp3) is 1.00. The predicted octanol–water partition coefficient (Wildman–Crippen LogP) is 4.08. The molecule has 0 heterocycles. The highest BCUT2D eigenvalue weighted by Crippen LogP contribution is 2.68. The van der Waals surface area contributed by atoms with Gasteiger partial charge in [0.15, 0.2) is 0 Å². The molecule has 0 radical (unpaired) electrons. The number of fused-ring (bicyclic) bond motifs is 5. The number of hydrogen-bond acceptors (Lipinski definition) is 1. The van der Waals surface area contributed by atoms with Gasteiger partial charge in [0, 0.05) is 6.04 Å². The molecule has 0 aromatic heterocycles. The van der Waals surface area contributed by atoms with Crippen molar-refractivity contribution in [2.45, 2.75) is 65.8 Å². The summed E-state index contributed by atoms with van der Waals surface area (Å²) < 4.78 is 0. The van der Waals surface area contributed by atoms with Crippen LogP contribution in [-0.2, 0) is 0 Å². The van der Waals surface area contributed by atoms with Crippen LogP contribution in [-0.4, -0.2) is 12.6 Å². The summed E-state index contributed by atoms with van der Waals surface area (Å²) in [6.45, 7) is 11.1. The Labute approximate surface area is 118 Å². The summed E-state index contributed by atoms with van der Waals surface area (Å²) in [5, 5.41) is 4.00. The molecule has 4 rings (SSSR count). The fourth-order valence-corrected chi connectivity index (χ4v) is 6.42. The van der Waals surface area contributed by atoms with E-state index in [0.717, 1.165) is 35.6 Å². The van der Waals surface area contributed by atoms with E-state index in [-0.39, 0.29) is 0 Å². The summed E-state index contributed by atoms with van der Waals surface area (Å²) in [7, 11) is 0. The Bertz CT molecular complexity index is 369. The molecule has 4 aliphatic carbocycles. The van der Waals surface area contributed by atoms with Gasteiger partial charge in [0.05, 0.1) is 0 Å². The quantitative estimate of drug-likeness (QED) is 0.807. The summed E-state index contributed by atoms with van der Waals surface area (Å²) in [6, 6.07) is 0.872. The maximum Gasteiger partial charge on any atom is 0.0101 e. The van der Waals surface area contributed by atoms with Crippen LogP contribution >= 0.6 is 0 Å². The molecule has 1 nitrogen and oxygen atoms in total. The number of rotatable bonds is 3. The van der Waals surface area contributed by atoms with Crippen molar-refractivity contribution in [3.8, 4) is 0 Å². The minimum atomic E-state index is 0.549. The Hall–Kier alpha value is -0.0400. The molecule has 0 spiro atoms. The fourth-order valence-electron chi connectivity index (χ4n) is 6.42. The van der Waals surface area contributed by atoms with Crippen LogP contribution in [0.25, 0.3) is 0 Å². The van der Waals surface area contributed by atoms with Gasteiger partial charge in [-0.1, -0.05) is 34.1 Å². The van der Waals surface area contributed by atoms with Gasteiger partial charge >= 0.3 is 0 Å². The van der Waals surface area contributed by atoms with E-state index in [4.69, 9.17) is 0 Å². The van der Waals surface area contributed by atoms with Crippen LogP contribution in [0, 0.1) is 40.4 Å². The zero-order valence-electron chi connectivity index (χ0n) is 13.2. The molecule has 4 aliphatic rings. The van der Waals surface area contributed by atoms with E-state index < -0.39 is 0 Å². The van der Waals surface area contributed by atoms with Crippen molar-refractivity contribution in [1.82, 2.24) is 5.32 Å². The summed E-state index contributed by atoms with van der Waals surface area (Å²) in [4.78, 5) is 0. The molecule has 1 N–H and O–H groups in total. The maximum atomic E-state index is 4.00. The summed E-state index contributed by atoms with van der Waals surface area (Å²) >= 11 is 0. The van der Waals surface area contributed by atoms with Gasteiger partial charge in [-0.3, -0.25) is 0 Å². The van der Waals surface area contributed by atoms with Gasteiger partial charge in [-0.15, -0.1) is 0 Å². The largest absolute Gasteiger partial charge is 0.313 e. The van der Waals surface area contributed by atoms with Crippen LogP contribution in [0.4, 0.5) is 0 Å². The van der Waals surface area contributed by atoms with E-state index in [1.54, 1.807) is 19.3 Å². The second-order valence-corrected chi connectivity index (χ2v) is 9.16. The summed E-state index contributed by atoms with van der Waals surface area (Å²) in [5.74, 6) is 5.27. The van der Waals surface area contributed by atoms with Crippen molar-refractivity contribution in [2.24, 2.45) is 40.4 Å². The molecule has 5 unspecified atom stereocenters. The van der Waals surface area contributed by atoms with Crippen LogP contribution in [0.3, 0.4) is 0 Å². The van der Waals surface area contributed by atoms with E-state index in [2.05, 4.69) is 33.0 Å². The van der Waals surface area contributed by atoms with Gasteiger partial charge < -0.3 is 5.32 Å². The Balaban J connectivity index is 1.36. The van der Waals surface area contributed by atoms with Gasteiger partial charge in [-0.25, -0.2) is 0 Å². The first kappa shape index (κ1) is 12.7. The Kier molecular flexibility index (Phi) is 2.52. The molecular weight excluding hydrogens is 230 g/mol. The lowest BCUT2D eigenvalue weighted by molar-refractivity contribution is 0.206. The molecule has 19 heavy (non-hydrogen) atoms. The molecule has 5 atom stereocenters. The molecule has 2 bridgehead atoms. The van der Waals surface area contributed by atoms with Crippen molar-refractivity contribution in [3.63, 3.8) is 0 Å². The smallest absolute Gasteiger partial charge is 0.0101 e. The van der Waals surface area contributed by atoms with Crippen molar-refractivity contribution >= 4 is 0 Å². The zero-order chi connectivity index (χ0) is 13.4. The predicted molar refractivity (Wildman–Crippen MR) is 79.9 cm³/mol. The summed E-state index contributed by atoms with van der Waals surface area (Å²) in [6.07, 6.45) is 7.69. The summed E-state index contributed by atoms with van der Waals surface area (Å²) in [5.41, 5.74) is 1.10. The Morgan fingerprint density at radius 2 is 1.58 bits per heavy atom. The SMILES string of the molecule is CC1(C)C(CNC2CC3CC2C2CCCC32)C1(C)C. The lowest BCUT2D eigenvalue weighted by atomic mass is 9.79. The monoisotopic (exact) mass is 261 g/mol. The van der Waals surface area contributed by atoms with E-state index in [1.165, 1.54) is 19.4 Å². The first-order valence-corrected chi connectivity index (χ1v) is 8.66. The van der Waals surface area contributed by atoms with Gasteiger partial charge in [-0.2, -0.15) is 0 Å². The normalized spacial score (nSPS) is 49.6.